The van der Waals surface area contributed by atoms with Crippen LogP contribution in [-0.4, -0.2) is 6.29 Å². The van der Waals surface area contributed by atoms with Gasteiger partial charge in [0.25, 0.3) is 0 Å². The molecule has 0 aliphatic rings. The van der Waals surface area contributed by atoms with Crippen molar-refractivity contribution in [3.63, 3.8) is 0 Å². The van der Waals surface area contributed by atoms with Gasteiger partial charge in [0.2, 0.25) is 0 Å². The van der Waals surface area contributed by atoms with E-state index in [1.807, 2.05) is 42.5 Å². The van der Waals surface area contributed by atoms with Crippen molar-refractivity contribution in [2.24, 2.45) is 0 Å². The van der Waals surface area contributed by atoms with E-state index >= 15 is 0 Å². The first-order chi connectivity index (χ1) is 8.38. The Bertz CT molecular complexity index is 467. The molecule has 0 aliphatic carbocycles. The van der Waals surface area contributed by atoms with Crippen molar-refractivity contribution in [2.75, 3.05) is 0 Å². The van der Waals surface area contributed by atoms with Gasteiger partial charge in [0.15, 0.2) is 0 Å². The van der Waals surface area contributed by atoms with E-state index in [0.717, 1.165) is 17.7 Å². The lowest BCUT2D eigenvalue weighted by Gasteiger charge is -2.04. The summed E-state index contributed by atoms with van der Waals surface area (Å²) in [7, 11) is 0. The van der Waals surface area contributed by atoms with Gasteiger partial charge in [-0.3, -0.25) is 9.52 Å². The number of nitrogens with one attached hydrogen (secondary N) is 1. The van der Waals surface area contributed by atoms with E-state index in [1.54, 1.807) is 11.9 Å². The van der Waals surface area contributed by atoms with Crippen LogP contribution in [0.4, 0.5) is 0 Å². The van der Waals surface area contributed by atoms with Gasteiger partial charge in [-0.1, -0.05) is 42.5 Å². The number of carbonyl (C=O) groups is 1. The van der Waals surface area contributed by atoms with Gasteiger partial charge < -0.3 is 0 Å². The SMILES string of the molecule is O=Cc1ccc(SNCc2ccccc2)cc1. The van der Waals surface area contributed by atoms with Crippen LogP contribution >= 0.6 is 11.9 Å². The minimum atomic E-state index is 0.706. The molecule has 2 aromatic rings. The Balaban J connectivity index is 1.84. The van der Waals surface area contributed by atoms with Crippen molar-refractivity contribution >= 4 is 18.2 Å². The topological polar surface area (TPSA) is 29.1 Å². The summed E-state index contributed by atoms with van der Waals surface area (Å²) in [6.07, 6.45) is 0.853. The fraction of sp³-hybridized carbons (Fsp3) is 0.0714. The average Bonchev–Trinajstić information content (AvgIpc) is 2.41. The Morgan fingerprint density at radius 1 is 1.00 bits per heavy atom. The molecule has 2 aromatic carbocycles. The average molecular weight is 243 g/mol. The highest BCUT2D eigenvalue weighted by Crippen LogP contribution is 2.15. The normalized spacial score (nSPS) is 10.1. The van der Waals surface area contributed by atoms with Crippen LogP contribution in [0.5, 0.6) is 0 Å². The molecule has 0 aliphatic heterocycles. The molecule has 0 atom stereocenters. The maximum atomic E-state index is 10.5. The lowest BCUT2D eigenvalue weighted by atomic mass is 10.2. The van der Waals surface area contributed by atoms with Crippen molar-refractivity contribution in [3.05, 3.63) is 65.7 Å². The van der Waals surface area contributed by atoms with Gasteiger partial charge in [-0.2, -0.15) is 0 Å². The molecule has 0 unspecified atom stereocenters. The Morgan fingerprint density at radius 2 is 1.71 bits per heavy atom. The molecular formula is C14H13NOS. The van der Waals surface area contributed by atoms with Crippen molar-refractivity contribution in [3.8, 4) is 0 Å². The zero-order chi connectivity index (χ0) is 11.9. The number of carbonyl (C=O) groups excluding carboxylic acids is 1. The molecule has 0 radical (unpaired) electrons. The molecule has 2 nitrogen and oxygen atoms in total. The first kappa shape index (κ1) is 11.9. The highest BCUT2D eigenvalue weighted by Gasteiger charge is 1.95. The quantitative estimate of drug-likeness (QED) is 0.645. The van der Waals surface area contributed by atoms with Crippen LogP contribution in [0.25, 0.3) is 0 Å². The monoisotopic (exact) mass is 243 g/mol. The number of hydrogen-bond donors (Lipinski definition) is 1. The van der Waals surface area contributed by atoms with Crippen molar-refractivity contribution in [1.29, 1.82) is 0 Å². The van der Waals surface area contributed by atoms with Crippen LogP contribution in [0, 0.1) is 0 Å². The van der Waals surface area contributed by atoms with E-state index in [1.165, 1.54) is 5.56 Å². The molecule has 0 bridgehead atoms. The minimum absolute atomic E-state index is 0.706. The molecule has 1 N–H and O–H groups in total. The van der Waals surface area contributed by atoms with Crippen LogP contribution in [0.2, 0.25) is 0 Å². The molecule has 3 heteroatoms. The summed E-state index contributed by atoms with van der Waals surface area (Å²) in [6.45, 7) is 0.820. The first-order valence-electron chi connectivity index (χ1n) is 5.37. The Labute approximate surface area is 105 Å². The van der Waals surface area contributed by atoms with Gasteiger partial charge in [0.05, 0.1) is 0 Å². The molecular weight excluding hydrogens is 230 g/mol. The van der Waals surface area contributed by atoms with Crippen LogP contribution < -0.4 is 4.72 Å². The summed E-state index contributed by atoms with van der Waals surface area (Å²) < 4.78 is 3.28. The number of benzene rings is 2. The third-order valence-electron chi connectivity index (χ3n) is 2.33. The van der Waals surface area contributed by atoms with Crippen LogP contribution in [0.1, 0.15) is 15.9 Å². The fourth-order valence-electron chi connectivity index (χ4n) is 1.41. The third-order valence-corrected chi connectivity index (χ3v) is 3.12. The summed E-state index contributed by atoms with van der Waals surface area (Å²) >= 11 is 1.57. The van der Waals surface area contributed by atoms with E-state index in [4.69, 9.17) is 0 Å². The van der Waals surface area contributed by atoms with E-state index < -0.39 is 0 Å². The summed E-state index contributed by atoms with van der Waals surface area (Å²) in [5.74, 6) is 0. The van der Waals surface area contributed by atoms with Crippen molar-refractivity contribution < 1.29 is 4.79 Å². The smallest absolute Gasteiger partial charge is 0.150 e. The van der Waals surface area contributed by atoms with Gasteiger partial charge in [0.1, 0.15) is 6.29 Å². The predicted molar refractivity (Wildman–Crippen MR) is 71.0 cm³/mol. The largest absolute Gasteiger partial charge is 0.298 e. The van der Waals surface area contributed by atoms with E-state index in [9.17, 15) is 4.79 Å². The number of rotatable bonds is 5. The molecule has 0 heterocycles. The molecule has 0 amide bonds. The maximum absolute atomic E-state index is 10.5. The number of hydrogen-bond acceptors (Lipinski definition) is 3. The zero-order valence-electron chi connectivity index (χ0n) is 9.30. The Kier molecular flexibility index (Phi) is 4.36. The van der Waals surface area contributed by atoms with E-state index in [0.29, 0.717) is 5.56 Å². The van der Waals surface area contributed by atoms with Gasteiger partial charge >= 0.3 is 0 Å². The van der Waals surface area contributed by atoms with E-state index in [2.05, 4.69) is 16.9 Å². The minimum Gasteiger partial charge on any atom is -0.298 e. The highest BCUT2D eigenvalue weighted by atomic mass is 32.2. The Morgan fingerprint density at radius 3 is 2.35 bits per heavy atom. The highest BCUT2D eigenvalue weighted by molar-refractivity contribution is 7.97. The molecule has 17 heavy (non-hydrogen) atoms. The zero-order valence-corrected chi connectivity index (χ0v) is 10.1. The lowest BCUT2D eigenvalue weighted by Crippen LogP contribution is -2.02. The molecule has 0 fully saturated rings. The van der Waals surface area contributed by atoms with Crippen molar-refractivity contribution in [2.45, 2.75) is 11.4 Å². The predicted octanol–water partition coefficient (Wildman–Crippen LogP) is 3.30. The Hall–Kier alpha value is -1.58. The summed E-state index contributed by atoms with van der Waals surface area (Å²) in [5, 5.41) is 0. The first-order valence-corrected chi connectivity index (χ1v) is 6.19. The summed E-state index contributed by atoms with van der Waals surface area (Å²) in [6, 6.07) is 17.7. The molecule has 0 aromatic heterocycles. The van der Waals surface area contributed by atoms with Crippen LogP contribution in [0.15, 0.2) is 59.5 Å². The van der Waals surface area contributed by atoms with Gasteiger partial charge in [0, 0.05) is 17.0 Å². The fourth-order valence-corrected chi connectivity index (χ4v) is 2.09. The van der Waals surface area contributed by atoms with Gasteiger partial charge in [-0.25, -0.2) is 0 Å². The second kappa shape index (κ2) is 6.23. The standard InChI is InChI=1S/C14H13NOS/c16-11-13-6-8-14(9-7-13)17-15-10-12-4-2-1-3-5-12/h1-9,11,15H,10H2. The second-order valence-electron chi connectivity index (χ2n) is 3.60. The van der Waals surface area contributed by atoms with Crippen LogP contribution in [-0.2, 0) is 6.54 Å². The molecule has 0 saturated heterocycles. The molecule has 2 rings (SSSR count). The van der Waals surface area contributed by atoms with Gasteiger partial charge in [-0.05, 0) is 29.6 Å². The summed E-state index contributed by atoms with van der Waals surface area (Å²) in [5.41, 5.74) is 1.96. The molecule has 0 spiro atoms. The molecule has 86 valence electrons. The third kappa shape index (κ3) is 3.73. The van der Waals surface area contributed by atoms with Gasteiger partial charge in [-0.15, -0.1) is 0 Å². The summed E-state index contributed by atoms with van der Waals surface area (Å²) in [4.78, 5) is 11.6. The second-order valence-corrected chi connectivity index (χ2v) is 4.56. The van der Waals surface area contributed by atoms with Crippen LogP contribution in [0.3, 0.4) is 0 Å². The molecule has 0 saturated carbocycles. The van der Waals surface area contributed by atoms with Crippen molar-refractivity contribution in [1.82, 2.24) is 4.72 Å². The number of aldehydes is 1. The maximum Gasteiger partial charge on any atom is 0.150 e. The van der Waals surface area contributed by atoms with E-state index in [-0.39, 0.29) is 0 Å². The lowest BCUT2D eigenvalue weighted by molar-refractivity contribution is 0.112.